The van der Waals surface area contributed by atoms with E-state index in [0.717, 1.165) is 35.2 Å². The van der Waals surface area contributed by atoms with Gasteiger partial charge in [0.1, 0.15) is 11.5 Å². The van der Waals surface area contributed by atoms with Crippen LogP contribution in [-0.4, -0.2) is 23.6 Å². The molecular weight excluding hydrogens is 406 g/mol. The van der Waals surface area contributed by atoms with Crippen LogP contribution in [-0.2, 0) is 6.42 Å². The number of non-ortho nitro benzene ring substituents is 1. The standard InChI is InChI=1S/C25H23N3O4/c1-31-25-16-19(28(29)30)9-12-23(25)27-22-13-14-26-24-17-20(10-11-21(22)24)32-15-5-8-18-6-3-2-4-7-18/h2-4,6-7,9-14,16-17H,5,8,15H2,1H3,(H,26,27). The Hall–Kier alpha value is -4.13. The van der Waals surface area contributed by atoms with Crippen molar-refractivity contribution in [3.8, 4) is 11.5 Å². The molecule has 7 nitrogen and oxygen atoms in total. The SMILES string of the molecule is COc1cc([N+](=O)[O-])ccc1Nc1ccnc2cc(OCCCc3ccccc3)ccc12. The summed E-state index contributed by atoms with van der Waals surface area (Å²) in [6.45, 7) is 0.623. The first kappa shape index (κ1) is 21.1. The molecule has 7 heteroatoms. The highest BCUT2D eigenvalue weighted by molar-refractivity contribution is 5.94. The van der Waals surface area contributed by atoms with Crippen molar-refractivity contribution in [3.05, 3.63) is 94.7 Å². The van der Waals surface area contributed by atoms with Crippen molar-refractivity contribution in [3.63, 3.8) is 0 Å². The Labute approximate surface area is 185 Å². The van der Waals surface area contributed by atoms with Gasteiger partial charge in [-0.05, 0) is 42.7 Å². The van der Waals surface area contributed by atoms with E-state index in [1.54, 1.807) is 12.3 Å². The fourth-order valence-corrected chi connectivity index (χ4v) is 3.48. The molecule has 0 saturated heterocycles. The quantitative estimate of drug-likeness (QED) is 0.202. The third-order valence-corrected chi connectivity index (χ3v) is 5.10. The molecular formula is C25H23N3O4. The lowest BCUT2D eigenvalue weighted by Gasteiger charge is -2.13. The molecule has 1 heterocycles. The van der Waals surface area contributed by atoms with E-state index in [1.807, 2.05) is 42.5 Å². The maximum Gasteiger partial charge on any atom is 0.273 e. The average molecular weight is 429 g/mol. The third-order valence-electron chi connectivity index (χ3n) is 5.10. The number of hydrogen-bond donors (Lipinski definition) is 1. The molecule has 0 amide bonds. The average Bonchev–Trinajstić information content (AvgIpc) is 2.82. The number of methoxy groups -OCH3 is 1. The zero-order valence-corrected chi connectivity index (χ0v) is 17.7. The van der Waals surface area contributed by atoms with Crippen molar-refractivity contribution >= 4 is 28.0 Å². The third kappa shape index (κ3) is 4.95. The van der Waals surface area contributed by atoms with Gasteiger partial charge in [-0.3, -0.25) is 15.1 Å². The number of nitrogens with one attached hydrogen (secondary N) is 1. The predicted molar refractivity (Wildman–Crippen MR) is 125 cm³/mol. The minimum atomic E-state index is -0.449. The van der Waals surface area contributed by atoms with Gasteiger partial charge in [-0.15, -0.1) is 0 Å². The number of nitrogens with zero attached hydrogens (tertiary/aromatic N) is 2. The zero-order chi connectivity index (χ0) is 22.3. The monoisotopic (exact) mass is 429 g/mol. The van der Waals surface area contributed by atoms with Crippen LogP contribution in [0.25, 0.3) is 10.9 Å². The first-order valence-corrected chi connectivity index (χ1v) is 10.3. The van der Waals surface area contributed by atoms with Crippen LogP contribution in [0.15, 0.2) is 79.0 Å². The highest BCUT2D eigenvalue weighted by Crippen LogP contribution is 2.34. The molecule has 4 aromatic rings. The first-order chi connectivity index (χ1) is 15.6. The fourth-order valence-electron chi connectivity index (χ4n) is 3.48. The van der Waals surface area contributed by atoms with E-state index >= 15 is 0 Å². The minimum Gasteiger partial charge on any atom is -0.494 e. The summed E-state index contributed by atoms with van der Waals surface area (Å²) in [4.78, 5) is 15.0. The highest BCUT2D eigenvalue weighted by atomic mass is 16.6. The number of pyridine rings is 1. The van der Waals surface area contributed by atoms with E-state index in [9.17, 15) is 10.1 Å². The number of ether oxygens (including phenoxy) is 2. The molecule has 32 heavy (non-hydrogen) atoms. The lowest BCUT2D eigenvalue weighted by molar-refractivity contribution is -0.384. The van der Waals surface area contributed by atoms with Gasteiger partial charge in [0, 0.05) is 29.4 Å². The molecule has 0 bridgehead atoms. The number of aryl methyl sites for hydroxylation is 1. The van der Waals surface area contributed by atoms with Crippen LogP contribution in [0.5, 0.6) is 11.5 Å². The van der Waals surface area contributed by atoms with E-state index in [1.165, 1.54) is 24.8 Å². The van der Waals surface area contributed by atoms with Crippen molar-refractivity contribution in [1.82, 2.24) is 4.98 Å². The number of rotatable bonds is 9. The normalized spacial score (nSPS) is 10.7. The molecule has 0 atom stereocenters. The molecule has 0 unspecified atom stereocenters. The summed E-state index contributed by atoms with van der Waals surface area (Å²) in [6, 6.07) is 22.5. The molecule has 0 aliphatic carbocycles. The summed E-state index contributed by atoms with van der Waals surface area (Å²) in [5.74, 6) is 1.16. The van der Waals surface area contributed by atoms with Crippen LogP contribution in [0, 0.1) is 10.1 Å². The second kappa shape index (κ2) is 9.78. The molecule has 0 aliphatic rings. The van der Waals surface area contributed by atoms with E-state index in [2.05, 4.69) is 22.4 Å². The van der Waals surface area contributed by atoms with Gasteiger partial charge in [-0.25, -0.2) is 0 Å². The molecule has 1 aromatic heterocycles. The van der Waals surface area contributed by atoms with Gasteiger partial charge in [0.15, 0.2) is 0 Å². The van der Waals surface area contributed by atoms with Crippen molar-refractivity contribution in [1.29, 1.82) is 0 Å². The molecule has 0 spiro atoms. The lowest BCUT2D eigenvalue weighted by Crippen LogP contribution is -2.00. The molecule has 3 aromatic carbocycles. The van der Waals surface area contributed by atoms with Gasteiger partial charge in [0.25, 0.3) is 5.69 Å². The Morgan fingerprint density at radius 1 is 1.00 bits per heavy atom. The van der Waals surface area contributed by atoms with E-state index in [0.29, 0.717) is 18.0 Å². The molecule has 1 N–H and O–H groups in total. The molecule has 0 radical (unpaired) electrons. The topological polar surface area (TPSA) is 86.5 Å². The first-order valence-electron chi connectivity index (χ1n) is 10.3. The van der Waals surface area contributed by atoms with Gasteiger partial charge < -0.3 is 14.8 Å². The maximum absolute atomic E-state index is 11.0. The maximum atomic E-state index is 11.0. The summed E-state index contributed by atoms with van der Waals surface area (Å²) >= 11 is 0. The van der Waals surface area contributed by atoms with Gasteiger partial charge in [0.2, 0.25) is 0 Å². The predicted octanol–water partition coefficient (Wildman–Crippen LogP) is 5.91. The largest absolute Gasteiger partial charge is 0.494 e. The number of fused-ring (bicyclic) bond motifs is 1. The van der Waals surface area contributed by atoms with Crippen molar-refractivity contribution in [2.75, 3.05) is 19.0 Å². The summed E-state index contributed by atoms with van der Waals surface area (Å²) in [6.07, 6.45) is 3.61. The fraction of sp³-hybridized carbons (Fsp3) is 0.160. The number of hydrogen-bond acceptors (Lipinski definition) is 6. The summed E-state index contributed by atoms with van der Waals surface area (Å²) in [5.41, 5.74) is 3.51. The summed E-state index contributed by atoms with van der Waals surface area (Å²) in [5, 5.41) is 15.2. The summed E-state index contributed by atoms with van der Waals surface area (Å²) in [7, 11) is 1.48. The van der Waals surface area contributed by atoms with E-state index < -0.39 is 4.92 Å². The smallest absolute Gasteiger partial charge is 0.273 e. The molecule has 0 aliphatic heterocycles. The van der Waals surface area contributed by atoms with Crippen LogP contribution in [0.1, 0.15) is 12.0 Å². The Morgan fingerprint density at radius 2 is 1.84 bits per heavy atom. The molecule has 162 valence electrons. The Morgan fingerprint density at radius 3 is 2.62 bits per heavy atom. The second-order valence-corrected chi connectivity index (χ2v) is 7.24. The summed E-state index contributed by atoms with van der Waals surface area (Å²) < 4.78 is 11.2. The van der Waals surface area contributed by atoms with E-state index in [-0.39, 0.29) is 5.69 Å². The van der Waals surface area contributed by atoms with Crippen molar-refractivity contribution in [2.45, 2.75) is 12.8 Å². The Balaban J connectivity index is 1.47. The van der Waals surface area contributed by atoms with Gasteiger partial charge >= 0.3 is 0 Å². The van der Waals surface area contributed by atoms with Gasteiger partial charge in [-0.1, -0.05) is 30.3 Å². The van der Waals surface area contributed by atoms with Crippen molar-refractivity contribution in [2.24, 2.45) is 0 Å². The Bertz CT molecular complexity index is 1230. The number of benzene rings is 3. The van der Waals surface area contributed by atoms with E-state index in [4.69, 9.17) is 9.47 Å². The van der Waals surface area contributed by atoms with Gasteiger partial charge in [-0.2, -0.15) is 0 Å². The number of nitro groups is 1. The van der Waals surface area contributed by atoms with Gasteiger partial charge in [0.05, 0.1) is 35.9 Å². The number of nitro benzene ring substituents is 1. The minimum absolute atomic E-state index is 0.0268. The van der Waals surface area contributed by atoms with Crippen molar-refractivity contribution < 1.29 is 14.4 Å². The van der Waals surface area contributed by atoms with Crippen LogP contribution in [0.2, 0.25) is 0 Å². The molecule has 0 fully saturated rings. The lowest BCUT2D eigenvalue weighted by atomic mass is 10.1. The van der Waals surface area contributed by atoms with Crippen LogP contribution < -0.4 is 14.8 Å². The highest BCUT2D eigenvalue weighted by Gasteiger charge is 2.13. The number of aromatic nitrogens is 1. The second-order valence-electron chi connectivity index (χ2n) is 7.24. The number of anilines is 2. The molecule has 4 rings (SSSR count). The Kier molecular flexibility index (Phi) is 6.46. The van der Waals surface area contributed by atoms with Crippen LogP contribution in [0.4, 0.5) is 17.1 Å². The van der Waals surface area contributed by atoms with Crippen LogP contribution in [0.3, 0.4) is 0 Å². The zero-order valence-electron chi connectivity index (χ0n) is 17.7. The van der Waals surface area contributed by atoms with Crippen LogP contribution >= 0.6 is 0 Å². The molecule has 0 saturated carbocycles.